The minimum absolute atomic E-state index is 0.202. The van der Waals surface area contributed by atoms with E-state index in [4.69, 9.17) is 4.74 Å². The number of nitrogens with zero attached hydrogens (tertiary/aromatic N) is 1. The lowest BCUT2D eigenvalue weighted by Gasteiger charge is -2.29. The molecule has 2 unspecified atom stereocenters. The molecule has 2 N–H and O–H groups in total. The van der Waals surface area contributed by atoms with Crippen molar-refractivity contribution in [1.29, 1.82) is 0 Å². The third kappa shape index (κ3) is 4.01. The molecule has 2 aromatic rings. The monoisotopic (exact) mass is 421 g/mol. The van der Waals surface area contributed by atoms with Crippen molar-refractivity contribution in [3.05, 3.63) is 64.7 Å². The number of nitrogens with one attached hydrogen (secondary N) is 2. The van der Waals surface area contributed by atoms with Crippen molar-refractivity contribution < 1.29 is 23.9 Å². The van der Waals surface area contributed by atoms with Crippen LogP contribution in [0.1, 0.15) is 57.7 Å². The van der Waals surface area contributed by atoms with Crippen molar-refractivity contribution in [2.24, 2.45) is 0 Å². The highest BCUT2D eigenvalue weighted by Crippen LogP contribution is 2.28. The summed E-state index contributed by atoms with van der Waals surface area (Å²) in [6.07, 6.45) is 0.505. The summed E-state index contributed by atoms with van der Waals surface area (Å²) in [4.78, 5) is 50.6. The number of methoxy groups -OCH3 is 1. The van der Waals surface area contributed by atoms with Crippen LogP contribution in [-0.4, -0.2) is 41.7 Å². The molecule has 2 aliphatic heterocycles. The second kappa shape index (κ2) is 8.22. The van der Waals surface area contributed by atoms with Crippen LogP contribution in [0.2, 0.25) is 0 Å². The first-order chi connectivity index (χ1) is 14.9. The minimum atomic E-state index is -0.676. The van der Waals surface area contributed by atoms with E-state index in [1.54, 1.807) is 25.3 Å². The van der Waals surface area contributed by atoms with Gasteiger partial charge in [-0.15, -0.1) is 0 Å². The van der Waals surface area contributed by atoms with Crippen LogP contribution in [0.5, 0.6) is 5.75 Å². The lowest BCUT2D eigenvalue weighted by atomic mass is 10.0. The van der Waals surface area contributed by atoms with E-state index in [2.05, 4.69) is 10.6 Å². The van der Waals surface area contributed by atoms with Gasteiger partial charge in [0.25, 0.3) is 11.8 Å². The van der Waals surface area contributed by atoms with Gasteiger partial charge in [0.15, 0.2) is 0 Å². The number of amides is 4. The SMILES string of the molecule is COc1ccc(C(C)NC(=O)c2ccc3c(c2)CN(C2CCC(=O)NC2=O)C3=O)cc1. The summed E-state index contributed by atoms with van der Waals surface area (Å²) < 4.78 is 5.15. The molecule has 0 saturated carbocycles. The first-order valence-electron chi connectivity index (χ1n) is 10.1. The third-order valence-corrected chi connectivity index (χ3v) is 5.75. The normalized spacial score (nSPS) is 19.0. The molecule has 0 bridgehead atoms. The summed E-state index contributed by atoms with van der Waals surface area (Å²) in [6, 6.07) is 11.5. The first-order valence-corrected chi connectivity index (χ1v) is 10.1. The van der Waals surface area contributed by atoms with Gasteiger partial charge in [-0.3, -0.25) is 24.5 Å². The van der Waals surface area contributed by atoms with Gasteiger partial charge in [-0.1, -0.05) is 12.1 Å². The van der Waals surface area contributed by atoms with E-state index in [-0.39, 0.29) is 36.7 Å². The van der Waals surface area contributed by atoms with Crippen LogP contribution < -0.4 is 15.4 Å². The van der Waals surface area contributed by atoms with E-state index >= 15 is 0 Å². The van der Waals surface area contributed by atoms with Gasteiger partial charge in [-0.05, 0) is 54.8 Å². The standard InChI is InChI=1S/C23H23N3O5/c1-13(14-3-6-17(31-2)7-4-14)24-21(28)15-5-8-18-16(11-15)12-26(23(18)30)19-9-10-20(27)25-22(19)29/h3-8,11,13,19H,9-10,12H2,1-2H3,(H,24,28)(H,25,27,29). The maximum Gasteiger partial charge on any atom is 0.255 e. The van der Waals surface area contributed by atoms with E-state index in [0.29, 0.717) is 23.1 Å². The molecule has 0 spiro atoms. The zero-order valence-corrected chi connectivity index (χ0v) is 17.3. The molecule has 2 atom stereocenters. The Kier molecular flexibility index (Phi) is 5.46. The molecule has 8 heteroatoms. The Morgan fingerprint density at radius 2 is 1.90 bits per heavy atom. The van der Waals surface area contributed by atoms with Crippen molar-refractivity contribution in [1.82, 2.24) is 15.5 Å². The molecule has 1 saturated heterocycles. The quantitative estimate of drug-likeness (QED) is 0.718. The van der Waals surface area contributed by atoms with Gasteiger partial charge in [-0.25, -0.2) is 0 Å². The van der Waals surface area contributed by atoms with E-state index in [9.17, 15) is 19.2 Å². The summed E-state index contributed by atoms with van der Waals surface area (Å²) in [5, 5.41) is 5.24. The van der Waals surface area contributed by atoms with Gasteiger partial charge < -0.3 is 15.0 Å². The second-order valence-electron chi connectivity index (χ2n) is 7.74. The first kappa shape index (κ1) is 20.6. The van der Waals surface area contributed by atoms with E-state index < -0.39 is 11.9 Å². The maximum atomic E-state index is 12.8. The number of benzene rings is 2. The van der Waals surface area contributed by atoms with E-state index in [1.165, 1.54) is 4.90 Å². The van der Waals surface area contributed by atoms with Crippen LogP contribution in [0.4, 0.5) is 0 Å². The van der Waals surface area contributed by atoms with Crippen LogP contribution in [0.25, 0.3) is 0 Å². The second-order valence-corrected chi connectivity index (χ2v) is 7.74. The Bertz CT molecular complexity index is 1060. The molecule has 4 amide bonds. The largest absolute Gasteiger partial charge is 0.497 e. The molecular formula is C23H23N3O5. The van der Waals surface area contributed by atoms with Crippen LogP contribution in [-0.2, 0) is 16.1 Å². The number of fused-ring (bicyclic) bond motifs is 1. The van der Waals surface area contributed by atoms with Crippen molar-refractivity contribution in [2.45, 2.75) is 38.4 Å². The van der Waals surface area contributed by atoms with Gasteiger partial charge >= 0.3 is 0 Å². The van der Waals surface area contributed by atoms with Gasteiger partial charge in [0.05, 0.1) is 13.2 Å². The number of rotatable bonds is 5. The number of carbonyl (C=O) groups excluding carboxylic acids is 4. The van der Waals surface area contributed by atoms with Crippen LogP contribution >= 0.6 is 0 Å². The fraction of sp³-hybridized carbons (Fsp3) is 0.304. The number of imide groups is 1. The molecule has 0 aromatic heterocycles. The minimum Gasteiger partial charge on any atom is -0.497 e. The Balaban J connectivity index is 1.46. The van der Waals surface area contributed by atoms with Crippen LogP contribution in [0, 0.1) is 0 Å². The number of carbonyl (C=O) groups is 4. The average Bonchev–Trinajstić information content (AvgIpc) is 3.09. The van der Waals surface area contributed by atoms with Crippen molar-refractivity contribution in [2.75, 3.05) is 7.11 Å². The number of hydrogen-bond acceptors (Lipinski definition) is 5. The summed E-state index contributed by atoms with van der Waals surface area (Å²) in [5.41, 5.74) is 2.55. The zero-order valence-electron chi connectivity index (χ0n) is 17.3. The fourth-order valence-electron chi connectivity index (χ4n) is 3.97. The van der Waals surface area contributed by atoms with Gasteiger partial charge in [-0.2, -0.15) is 0 Å². The molecule has 8 nitrogen and oxygen atoms in total. The maximum absolute atomic E-state index is 12.8. The summed E-state index contributed by atoms with van der Waals surface area (Å²) in [7, 11) is 1.60. The lowest BCUT2D eigenvalue weighted by Crippen LogP contribution is -2.52. The Labute approximate surface area is 179 Å². The predicted molar refractivity (Wildman–Crippen MR) is 111 cm³/mol. The average molecular weight is 421 g/mol. The molecule has 2 aromatic carbocycles. The van der Waals surface area contributed by atoms with Crippen molar-refractivity contribution >= 4 is 23.6 Å². The van der Waals surface area contributed by atoms with Gasteiger partial charge in [0.1, 0.15) is 11.8 Å². The highest BCUT2D eigenvalue weighted by atomic mass is 16.5. The zero-order chi connectivity index (χ0) is 22.1. The summed E-state index contributed by atoms with van der Waals surface area (Å²) in [6.45, 7) is 2.12. The number of piperidine rings is 1. The molecule has 0 aliphatic carbocycles. The fourth-order valence-corrected chi connectivity index (χ4v) is 3.97. The molecule has 160 valence electrons. The van der Waals surface area contributed by atoms with Crippen molar-refractivity contribution in [3.8, 4) is 5.75 Å². The molecule has 2 aliphatic rings. The molecule has 4 rings (SSSR count). The summed E-state index contributed by atoms with van der Waals surface area (Å²) >= 11 is 0. The third-order valence-electron chi connectivity index (χ3n) is 5.75. The van der Waals surface area contributed by atoms with Gasteiger partial charge in [0.2, 0.25) is 11.8 Å². The molecule has 31 heavy (non-hydrogen) atoms. The number of ether oxygens (including phenoxy) is 1. The van der Waals surface area contributed by atoms with Crippen molar-refractivity contribution in [3.63, 3.8) is 0 Å². The van der Waals surface area contributed by atoms with Crippen LogP contribution in [0.3, 0.4) is 0 Å². The molecule has 0 radical (unpaired) electrons. The van der Waals surface area contributed by atoms with Gasteiger partial charge in [0, 0.05) is 24.1 Å². The smallest absolute Gasteiger partial charge is 0.255 e. The Hall–Kier alpha value is -3.68. The highest BCUT2D eigenvalue weighted by Gasteiger charge is 2.39. The van der Waals surface area contributed by atoms with E-state index in [1.807, 2.05) is 31.2 Å². The number of hydrogen-bond donors (Lipinski definition) is 2. The molecular weight excluding hydrogens is 398 g/mol. The predicted octanol–water partition coefficient (Wildman–Crippen LogP) is 1.95. The molecule has 1 fully saturated rings. The lowest BCUT2D eigenvalue weighted by molar-refractivity contribution is -0.136. The van der Waals surface area contributed by atoms with E-state index in [0.717, 1.165) is 11.3 Å². The topological polar surface area (TPSA) is 105 Å². The van der Waals surface area contributed by atoms with Crippen LogP contribution in [0.15, 0.2) is 42.5 Å². The Morgan fingerprint density at radius 3 is 2.58 bits per heavy atom. The summed E-state index contributed by atoms with van der Waals surface area (Å²) in [5.74, 6) is -0.550. The highest BCUT2D eigenvalue weighted by molar-refractivity contribution is 6.06. The Morgan fingerprint density at radius 1 is 1.16 bits per heavy atom. The molecule has 2 heterocycles.